The maximum atomic E-state index is 11.9. The van der Waals surface area contributed by atoms with Gasteiger partial charge in [-0.15, -0.1) is 0 Å². The van der Waals surface area contributed by atoms with Crippen LogP contribution in [0, 0.1) is 0 Å². The summed E-state index contributed by atoms with van der Waals surface area (Å²) in [7, 11) is -2.37. The topological polar surface area (TPSA) is 88.4 Å². The number of amides is 1. The zero-order chi connectivity index (χ0) is 15.3. The summed E-state index contributed by atoms with van der Waals surface area (Å²) in [6, 6.07) is 2.63. The van der Waals surface area contributed by atoms with Gasteiger partial charge in [0.2, 0.25) is 5.09 Å². The SMILES string of the molecule is CNS(=O)(=O)c1ccc(C(=O)NCCC2=CCCCC2)o1. The largest absolute Gasteiger partial charge is 0.438 e. The zero-order valence-electron chi connectivity index (χ0n) is 12.0. The molecule has 0 bridgehead atoms. The number of nitrogens with one attached hydrogen (secondary N) is 2. The number of carbonyl (C=O) groups excluding carboxylic acids is 1. The van der Waals surface area contributed by atoms with E-state index in [4.69, 9.17) is 4.42 Å². The van der Waals surface area contributed by atoms with Crippen LogP contribution in [-0.4, -0.2) is 27.9 Å². The molecule has 21 heavy (non-hydrogen) atoms. The molecule has 116 valence electrons. The molecule has 0 radical (unpaired) electrons. The van der Waals surface area contributed by atoms with Gasteiger partial charge in [-0.05, 0) is 51.3 Å². The van der Waals surface area contributed by atoms with Crippen molar-refractivity contribution < 1.29 is 17.6 Å². The van der Waals surface area contributed by atoms with Gasteiger partial charge < -0.3 is 9.73 Å². The molecular formula is C14H20N2O4S. The van der Waals surface area contributed by atoms with E-state index in [0.717, 1.165) is 19.3 Å². The van der Waals surface area contributed by atoms with Crippen molar-refractivity contribution in [2.24, 2.45) is 0 Å². The maximum Gasteiger partial charge on any atom is 0.287 e. The van der Waals surface area contributed by atoms with Crippen molar-refractivity contribution in [2.45, 2.75) is 37.2 Å². The Balaban J connectivity index is 1.87. The summed E-state index contributed by atoms with van der Waals surface area (Å²) >= 11 is 0. The van der Waals surface area contributed by atoms with E-state index in [1.807, 2.05) is 0 Å². The van der Waals surface area contributed by atoms with Crippen LogP contribution in [0.2, 0.25) is 0 Å². The fourth-order valence-electron chi connectivity index (χ4n) is 2.24. The Morgan fingerprint density at radius 2 is 2.14 bits per heavy atom. The van der Waals surface area contributed by atoms with E-state index < -0.39 is 15.9 Å². The molecule has 7 heteroatoms. The molecule has 2 rings (SSSR count). The lowest BCUT2D eigenvalue weighted by Crippen LogP contribution is -2.24. The highest BCUT2D eigenvalue weighted by Gasteiger charge is 2.19. The molecule has 1 aliphatic rings. The quantitative estimate of drug-likeness (QED) is 0.784. The lowest BCUT2D eigenvalue weighted by Gasteiger charge is -2.12. The minimum absolute atomic E-state index is 0.00134. The first-order chi connectivity index (χ1) is 10.0. The minimum Gasteiger partial charge on any atom is -0.438 e. The molecule has 0 saturated heterocycles. The van der Waals surface area contributed by atoms with Gasteiger partial charge >= 0.3 is 0 Å². The number of carbonyl (C=O) groups is 1. The van der Waals surface area contributed by atoms with Gasteiger partial charge in [-0.25, -0.2) is 13.1 Å². The second kappa shape index (κ2) is 6.91. The first kappa shape index (κ1) is 15.8. The minimum atomic E-state index is -3.65. The third kappa shape index (κ3) is 4.18. The Bertz CT molecular complexity index is 631. The lowest BCUT2D eigenvalue weighted by molar-refractivity contribution is 0.0921. The van der Waals surface area contributed by atoms with Crippen molar-refractivity contribution >= 4 is 15.9 Å². The highest BCUT2D eigenvalue weighted by atomic mass is 32.2. The van der Waals surface area contributed by atoms with Gasteiger partial charge in [0.15, 0.2) is 5.76 Å². The molecule has 1 amide bonds. The van der Waals surface area contributed by atoms with E-state index in [9.17, 15) is 13.2 Å². The summed E-state index contributed by atoms with van der Waals surface area (Å²) in [5, 5.41) is 2.48. The number of hydrogen-bond acceptors (Lipinski definition) is 4. The van der Waals surface area contributed by atoms with E-state index in [1.54, 1.807) is 0 Å². The summed E-state index contributed by atoms with van der Waals surface area (Å²) in [6.07, 6.45) is 7.73. The van der Waals surface area contributed by atoms with Crippen LogP contribution < -0.4 is 10.0 Å². The van der Waals surface area contributed by atoms with Crippen molar-refractivity contribution in [1.82, 2.24) is 10.0 Å². The predicted octanol–water partition coefficient (Wildman–Crippen LogP) is 1.81. The fourth-order valence-corrected chi connectivity index (χ4v) is 2.89. The second-order valence-electron chi connectivity index (χ2n) is 4.94. The monoisotopic (exact) mass is 312 g/mol. The van der Waals surface area contributed by atoms with Crippen molar-refractivity contribution in [3.8, 4) is 0 Å². The van der Waals surface area contributed by atoms with Crippen molar-refractivity contribution in [2.75, 3.05) is 13.6 Å². The molecule has 1 heterocycles. The molecule has 1 aromatic heterocycles. The predicted molar refractivity (Wildman–Crippen MR) is 78.5 cm³/mol. The van der Waals surface area contributed by atoms with Gasteiger partial charge in [0.1, 0.15) is 0 Å². The van der Waals surface area contributed by atoms with Crippen molar-refractivity contribution in [3.63, 3.8) is 0 Å². The van der Waals surface area contributed by atoms with Gasteiger partial charge in [0, 0.05) is 6.54 Å². The molecule has 1 aliphatic carbocycles. The highest BCUT2D eigenvalue weighted by molar-refractivity contribution is 7.89. The molecule has 0 spiro atoms. The first-order valence-corrected chi connectivity index (χ1v) is 8.51. The first-order valence-electron chi connectivity index (χ1n) is 7.02. The average molecular weight is 312 g/mol. The van der Waals surface area contributed by atoms with Crippen LogP contribution in [0.5, 0.6) is 0 Å². The van der Waals surface area contributed by atoms with Crippen molar-refractivity contribution in [3.05, 3.63) is 29.5 Å². The molecule has 0 unspecified atom stereocenters. The van der Waals surface area contributed by atoms with E-state index >= 15 is 0 Å². The summed E-state index contributed by atoms with van der Waals surface area (Å²) < 4.78 is 30.2. The number of sulfonamides is 1. The highest BCUT2D eigenvalue weighted by Crippen LogP contribution is 2.19. The van der Waals surface area contributed by atoms with Crippen LogP contribution in [0.1, 0.15) is 42.7 Å². The Labute approximate surface area is 124 Å². The van der Waals surface area contributed by atoms with Gasteiger partial charge in [0.25, 0.3) is 15.9 Å². The number of furan rings is 1. The van der Waals surface area contributed by atoms with E-state index in [1.165, 1.54) is 37.6 Å². The van der Waals surface area contributed by atoms with Crippen LogP contribution in [0.4, 0.5) is 0 Å². The van der Waals surface area contributed by atoms with Crippen LogP contribution in [-0.2, 0) is 10.0 Å². The summed E-state index contributed by atoms with van der Waals surface area (Å²) in [4.78, 5) is 11.9. The number of rotatable bonds is 6. The lowest BCUT2D eigenvalue weighted by atomic mass is 9.97. The third-order valence-electron chi connectivity index (χ3n) is 3.46. The Morgan fingerprint density at radius 1 is 1.33 bits per heavy atom. The summed E-state index contributed by atoms with van der Waals surface area (Å²) in [5.74, 6) is -0.398. The second-order valence-corrected chi connectivity index (χ2v) is 6.76. The van der Waals surface area contributed by atoms with E-state index in [-0.39, 0.29) is 10.9 Å². The molecule has 6 nitrogen and oxygen atoms in total. The number of hydrogen-bond donors (Lipinski definition) is 2. The number of allylic oxidation sites excluding steroid dienone is 1. The van der Waals surface area contributed by atoms with Gasteiger partial charge in [-0.1, -0.05) is 11.6 Å². The molecule has 0 atom stereocenters. The molecular weight excluding hydrogens is 292 g/mol. The summed E-state index contributed by atoms with van der Waals surface area (Å²) in [6.45, 7) is 0.527. The van der Waals surface area contributed by atoms with Gasteiger partial charge in [-0.2, -0.15) is 0 Å². The standard InChI is InChI=1S/C14H20N2O4S/c1-15-21(18,19)13-8-7-12(20-13)14(17)16-10-9-11-5-3-2-4-6-11/h5,7-8,15H,2-4,6,9-10H2,1H3,(H,16,17). The zero-order valence-corrected chi connectivity index (χ0v) is 12.8. The smallest absolute Gasteiger partial charge is 0.287 e. The molecule has 2 N–H and O–H groups in total. The molecule has 0 saturated carbocycles. The van der Waals surface area contributed by atoms with Gasteiger partial charge in [0.05, 0.1) is 0 Å². The van der Waals surface area contributed by atoms with Gasteiger partial charge in [-0.3, -0.25) is 4.79 Å². The molecule has 0 aromatic carbocycles. The van der Waals surface area contributed by atoms with Crippen molar-refractivity contribution in [1.29, 1.82) is 0 Å². The summed E-state index contributed by atoms with van der Waals surface area (Å²) in [5.41, 5.74) is 1.37. The fraction of sp³-hybridized carbons (Fsp3) is 0.500. The average Bonchev–Trinajstić information content (AvgIpc) is 2.99. The molecule has 1 aromatic rings. The van der Waals surface area contributed by atoms with Crippen LogP contribution in [0.3, 0.4) is 0 Å². The van der Waals surface area contributed by atoms with Crippen LogP contribution in [0.25, 0.3) is 0 Å². The van der Waals surface area contributed by atoms with E-state index in [0.29, 0.717) is 6.54 Å². The Kier molecular flexibility index (Phi) is 5.19. The Morgan fingerprint density at radius 3 is 2.81 bits per heavy atom. The third-order valence-corrected chi connectivity index (χ3v) is 4.74. The molecule has 0 aliphatic heterocycles. The van der Waals surface area contributed by atoms with Crippen LogP contribution >= 0.6 is 0 Å². The molecule has 0 fully saturated rings. The normalized spacial score (nSPS) is 15.6. The van der Waals surface area contributed by atoms with Crippen LogP contribution in [0.15, 0.2) is 33.3 Å². The van der Waals surface area contributed by atoms with E-state index in [2.05, 4.69) is 16.1 Å². The maximum absolute atomic E-state index is 11.9. The Hall–Kier alpha value is -1.60.